The van der Waals surface area contributed by atoms with Gasteiger partial charge in [0.05, 0.1) is 0 Å². The Kier molecular flexibility index (Phi) is 4.69. The Morgan fingerprint density at radius 3 is 2.50 bits per heavy atom. The lowest BCUT2D eigenvalue weighted by molar-refractivity contribution is 0.984. The van der Waals surface area contributed by atoms with E-state index >= 15 is 0 Å². The lowest BCUT2D eigenvalue weighted by Gasteiger charge is -1.99. The summed E-state index contributed by atoms with van der Waals surface area (Å²) in [4.78, 5) is 1.33. The third-order valence-electron chi connectivity index (χ3n) is 1.83. The van der Waals surface area contributed by atoms with Crippen molar-refractivity contribution in [3.8, 4) is 0 Å². The minimum Gasteiger partial charge on any atom is -0.143 e. The van der Waals surface area contributed by atoms with Gasteiger partial charge in [0.2, 0.25) is 0 Å². The predicted molar refractivity (Wildman–Crippen MR) is 72.5 cm³/mol. The largest absolute Gasteiger partial charge is 0.174 e. The molecule has 0 fully saturated rings. The lowest BCUT2D eigenvalue weighted by atomic mass is 10.4. The summed E-state index contributed by atoms with van der Waals surface area (Å²) in [6, 6.07) is 10.5. The molecule has 1 aromatic heterocycles. The second-order valence-electron chi connectivity index (χ2n) is 3.10. The minimum atomic E-state index is 1.04. The topological polar surface area (TPSA) is 25.8 Å². The fourth-order valence-corrected chi connectivity index (χ4v) is 3.93. The number of benzene rings is 1. The molecule has 16 heavy (non-hydrogen) atoms. The van der Waals surface area contributed by atoms with Crippen LogP contribution in [-0.4, -0.2) is 21.7 Å². The normalized spacial score (nSPS) is 10.6. The smallest absolute Gasteiger partial charge is 0.143 e. The maximum atomic E-state index is 4.08. The van der Waals surface area contributed by atoms with Crippen molar-refractivity contribution < 1.29 is 0 Å². The third kappa shape index (κ3) is 3.81. The van der Waals surface area contributed by atoms with Crippen LogP contribution in [-0.2, 0) is 0 Å². The SMILES string of the molecule is Cc1nnc(SCCSc2ccccc2)s1. The van der Waals surface area contributed by atoms with Crippen molar-refractivity contribution >= 4 is 34.9 Å². The fraction of sp³-hybridized carbons (Fsp3) is 0.273. The van der Waals surface area contributed by atoms with Gasteiger partial charge in [-0.1, -0.05) is 41.3 Å². The van der Waals surface area contributed by atoms with E-state index in [1.165, 1.54) is 4.90 Å². The molecule has 0 unspecified atom stereocenters. The van der Waals surface area contributed by atoms with Crippen molar-refractivity contribution in [2.24, 2.45) is 0 Å². The highest BCUT2D eigenvalue weighted by Gasteiger charge is 2.00. The second-order valence-corrected chi connectivity index (χ2v) is 6.79. The molecule has 0 aliphatic rings. The van der Waals surface area contributed by atoms with Gasteiger partial charge in [0, 0.05) is 16.4 Å². The van der Waals surface area contributed by atoms with Gasteiger partial charge in [-0.25, -0.2) is 0 Å². The third-order valence-corrected chi connectivity index (χ3v) is 5.07. The molecule has 0 aliphatic carbocycles. The fourth-order valence-electron chi connectivity index (χ4n) is 1.14. The summed E-state index contributed by atoms with van der Waals surface area (Å²) >= 11 is 5.33. The number of nitrogens with zero attached hydrogens (tertiary/aromatic N) is 2. The van der Waals surface area contributed by atoms with Crippen molar-refractivity contribution in [3.63, 3.8) is 0 Å². The summed E-state index contributed by atoms with van der Waals surface area (Å²) in [6.07, 6.45) is 0. The van der Waals surface area contributed by atoms with Crippen molar-refractivity contribution in [3.05, 3.63) is 35.3 Å². The quantitative estimate of drug-likeness (QED) is 0.609. The average molecular weight is 268 g/mol. The molecule has 1 heterocycles. The van der Waals surface area contributed by atoms with Crippen LogP contribution in [0.5, 0.6) is 0 Å². The molecule has 84 valence electrons. The van der Waals surface area contributed by atoms with E-state index in [-0.39, 0.29) is 0 Å². The lowest BCUT2D eigenvalue weighted by Crippen LogP contribution is -1.83. The summed E-state index contributed by atoms with van der Waals surface area (Å²) < 4.78 is 1.08. The molecule has 0 bridgehead atoms. The van der Waals surface area contributed by atoms with Crippen molar-refractivity contribution in [2.75, 3.05) is 11.5 Å². The molecule has 0 aliphatic heterocycles. The zero-order valence-electron chi connectivity index (χ0n) is 8.92. The van der Waals surface area contributed by atoms with E-state index in [4.69, 9.17) is 0 Å². The van der Waals surface area contributed by atoms with E-state index in [1.54, 1.807) is 23.1 Å². The van der Waals surface area contributed by atoms with E-state index in [9.17, 15) is 0 Å². The highest BCUT2D eigenvalue weighted by Crippen LogP contribution is 2.24. The molecule has 2 nitrogen and oxygen atoms in total. The van der Waals surface area contributed by atoms with Crippen LogP contribution < -0.4 is 0 Å². The van der Waals surface area contributed by atoms with Crippen molar-refractivity contribution in [1.29, 1.82) is 0 Å². The first-order chi connectivity index (χ1) is 7.84. The second kappa shape index (κ2) is 6.27. The molecular weight excluding hydrogens is 256 g/mol. The highest BCUT2D eigenvalue weighted by atomic mass is 32.2. The van der Waals surface area contributed by atoms with Crippen LogP contribution in [0.15, 0.2) is 39.6 Å². The summed E-state index contributed by atoms with van der Waals surface area (Å²) in [7, 11) is 0. The molecule has 5 heteroatoms. The Bertz CT molecular complexity index is 428. The van der Waals surface area contributed by atoms with Gasteiger partial charge in [-0.15, -0.1) is 22.0 Å². The molecule has 0 radical (unpaired) electrons. The Morgan fingerprint density at radius 2 is 1.81 bits per heavy atom. The number of rotatable bonds is 5. The van der Waals surface area contributed by atoms with E-state index in [0.29, 0.717) is 0 Å². The molecule has 2 aromatic rings. The Balaban J connectivity index is 1.69. The Labute approximate surface area is 108 Å². The predicted octanol–water partition coefficient (Wildman–Crippen LogP) is 3.73. The van der Waals surface area contributed by atoms with E-state index in [0.717, 1.165) is 20.9 Å². The Morgan fingerprint density at radius 1 is 1.06 bits per heavy atom. The summed E-state index contributed by atoms with van der Waals surface area (Å²) in [5, 5.41) is 9.12. The minimum absolute atomic E-state index is 1.04. The number of thioether (sulfide) groups is 2. The van der Waals surface area contributed by atoms with Gasteiger partial charge in [-0.05, 0) is 19.1 Å². The molecule has 0 saturated heterocycles. The zero-order chi connectivity index (χ0) is 11.2. The molecule has 0 atom stereocenters. The highest BCUT2D eigenvalue weighted by molar-refractivity contribution is 8.03. The molecular formula is C11H12N2S3. The molecule has 0 saturated carbocycles. The maximum Gasteiger partial charge on any atom is 0.174 e. The first kappa shape index (κ1) is 12.0. The van der Waals surface area contributed by atoms with Crippen LogP contribution in [0.1, 0.15) is 5.01 Å². The number of aryl methyl sites for hydroxylation is 1. The maximum absolute atomic E-state index is 4.08. The first-order valence-electron chi connectivity index (χ1n) is 4.95. The van der Waals surface area contributed by atoms with Gasteiger partial charge < -0.3 is 0 Å². The van der Waals surface area contributed by atoms with Gasteiger partial charge in [-0.3, -0.25) is 0 Å². The van der Waals surface area contributed by atoms with Crippen LogP contribution in [0.2, 0.25) is 0 Å². The number of hydrogen-bond donors (Lipinski definition) is 0. The van der Waals surface area contributed by atoms with Crippen LogP contribution in [0.25, 0.3) is 0 Å². The zero-order valence-corrected chi connectivity index (χ0v) is 11.4. The number of hydrogen-bond acceptors (Lipinski definition) is 5. The summed E-state index contributed by atoms with van der Waals surface area (Å²) in [6.45, 7) is 1.99. The van der Waals surface area contributed by atoms with Gasteiger partial charge in [0.15, 0.2) is 4.34 Å². The van der Waals surface area contributed by atoms with Crippen LogP contribution >= 0.6 is 34.9 Å². The van der Waals surface area contributed by atoms with Gasteiger partial charge >= 0.3 is 0 Å². The standard InChI is InChI=1S/C11H12N2S3/c1-9-12-13-11(16-9)15-8-7-14-10-5-3-2-4-6-10/h2-6H,7-8H2,1H3. The van der Waals surface area contributed by atoms with E-state index in [1.807, 2.05) is 24.8 Å². The molecule has 0 amide bonds. The van der Waals surface area contributed by atoms with E-state index < -0.39 is 0 Å². The van der Waals surface area contributed by atoms with Gasteiger partial charge in [-0.2, -0.15) is 0 Å². The summed E-state index contributed by atoms with van der Waals surface area (Å²) in [5.74, 6) is 2.18. The van der Waals surface area contributed by atoms with Crippen molar-refractivity contribution in [1.82, 2.24) is 10.2 Å². The van der Waals surface area contributed by atoms with Crippen LogP contribution in [0.4, 0.5) is 0 Å². The molecule has 2 rings (SSSR count). The van der Waals surface area contributed by atoms with Gasteiger partial charge in [0.25, 0.3) is 0 Å². The molecule has 0 spiro atoms. The van der Waals surface area contributed by atoms with Crippen molar-refractivity contribution in [2.45, 2.75) is 16.2 Å². The monoisotopic (exact) mass is 268 g/mol. The first-order valence-corrected chi connectivity index (χ1v) is 7.74. The Hall–Kier alpha value is -0.520. The van der Waals surface area contributed by atoms with Crippen LogP contribution in [0.3, 0.4) is 0 Å². The average Bonchev–Trinajstić information content (AvgIpc) is 2.72. The van der Waals surface area contributed by atoms with Gasteiger partial charge in [0.1, 0.15) is 5.01 Å². The number of aromatic nitrogens is 2. The van der Waals surface area contributed by atoms with Crippen LogP contribution in [0, 0.1) is 6.92 Å². The molecule has 0 N–H and O–H groups in total. The molecule has 1 aromatic carbocycles. The van der Waals surface area contributed by atoms with E-state index in [2.05, 4.69) is 34.5 Å². The summed E-state index contributed by atoms with van der Waals surface area (Å²) in [5.41, 5.74) is 0.